The maximum Gasteiger partial charge on any atom is 0.152 e. The summed E-state index contributed by atoms with van der Waals surface area (Å²) in [5.74, 6) is 0.240. The quantitative estimate of drug-likeness (QED) is 0.795. The van der Waals surface area contributed by atoms with Crippen LogP contribution in [0, 0.1) is 0 Å². The number of hydrogen-bond donors (Lipinski definition) is 2. The SMILES string of the molecule is NCCCC(=O)C1CC(=O)[C@H](Cc2ccccc2)N1. The lowest BCUT2D eigenvalue weighted by Gasteiger charge is -2.12. The predicted molar refractivity (Wildman–Crippen MR) is 73.8 cm³/mol. The Labute approximate surface area is 113 Å². The Hall–Kier alpha value is -1.52. The highest BCUT2D eigenvalue weighted by atomic mass is 16.1. The third kappa shape index (κ3) is 3.72. The van der Waals surface area contributed by atoms with Crippen molar-refractivity contribution in [3.05, 3.63) is 35.9 Å². The number of ketones is 2. The lowest BCUT2D eigenvalue weighted by atomic mass is 10.0. The first-order valence-electron chi connectivity index (χ1n) is 6.76. The van der Waals surface area contributed by atoms with Crippen molar-refractivity contribution >= 4 is 11.6 Å². The summed E-state index contributed by atoms with van der Waals surface area (Å²) in [6.07, 6.45) is 2.12. The number of hydrogen-bond acceptors (Lipinski definition) is 4. The van der Waals surface area contributed by atoms with Gasteiger partial charge in [-0.15, -0.1) is 0 Å². The van der Waals surface area contributed by atoms with Crippen molar-refractivity contribution in [1.82, 2.24) is 5.32 Å². The third-order valence-electron chi connectivity index (χ3n) is 3.49. The van der Waals surface area contributed by atoms with Crippen molar-refractivity contribution in [2.45, 2.75) is 37.8 Å². The third-order valence-corrected chi connectivity index (χ3v) is 3.49. The average molecular weight is 260 g/mol. The molecule has 1 saturated heterocycles. The van der Waals surface area contributed by atoms with E-state index in [0.717, 1.165) is 5.56 Å². The van der Waals surface area contributed by atoms with Gasteiger partial charge in [0.25, 0.3) is 0 Å². The number of rotatable bonds is 6. The van der Waals surface area contributed by atoms with Gasteiger partial charge in [0.1, 0.15) is 5.78 Å². The van der Waals surface area contributed by atoms with E-state index in [4.69, 9.17) is 5.73 Å². The first-order chi connectivity index (χ1) is 9.20. The van der Waals surface area contributed by atoms with Gasteiger partial charge in [-0.25, -0.2) is 0 Å². The topological polar surface area (TPSA) is 72.2 Å². The Balaban J connectivity index is 1.91. The lowest BCUT2D eigenvalue weighted by Crippen LogP contribution is -2.37. The second-order valence-electron chi connectivity index (χ2n) is 4.99. The molecule has 19 heavy (non-hydrogen) atoms. The number of carbonyl (C=O) groups is 2. The van der Waals surface area contributed by atoms with Crippen LogP contribution in [0.2, 0.25) is 0 Å². The van der Waals surface area contributed by atoms with Gasteiger partial charge in [0.15, 0.2) is 5.78 Å². The van der Waals surface area contributed by atoms with Gasteiger partial charge in [-0.1, -0.05) is 30.3 Å². The van der Waals surface area contributed by atoms with Crippen LogP contribution in [-0.4, -0.2) is 30.2 Å². The zero-order valence-electron chi connectivity index (χ0n) is 11.0. The van der Waals surface area contributed by atoms with Crippen LogP contribution in [0.1, 0.15) is 24.8 Å². The van der Waals surface area contributed by atoms with Crippen LogP contribution < -0.4 is 11.1 Å². The highest BCUT2D eigenvalue weighted by Gasteiger charge is 2.34. The summed E-state index contributed by atoms with van der Waals surface area (Å²) in [4.78, 5) is 23.8. The van der Waals surface area contributed by atoms with Crippen LogP contribution in [0.25, 0.3) is 0 Å². The monoisotopic (exact) mass is 260 g/mol. The molecule has 0 bridgehead atoms. The Morgan fingerprint density at radius 3 is 2.74 bits per heavy atom. The minimum Gasteiger partial charge on any atom is -0.330 e. The standard InChI is InChI=1S/C15H20N2O2/c16-8-4-7-14(18)13-10-15(19)12(17-13)9-11-5-2-1-3-6-11/h1-3,5-6,12-13,17H,4,7-10,16H2/t12-,13?/m0/s1. The molecule has 0 aromatic heterocycles. The maximum atomic E-state index is 11.9. The highest BCUT2D eigenvalue weighted by Crippen LogP contribution is 2.15. The minimum absolute atomic E-state index is 0.106. The van der Waals surface area contributed by atoms with Crippen molar-refractivity contribution in [2.75, 3.05) is 6.54 Å². The van der Waals surface area contributed by atoms with Crippen LogP contribution in [0.3, 0.4) is 0 Å². The van der Waals surface area contributed by atoms with Gasteiger partial charge < -0.3 is 5.73 Å². The minimum atomic E-state index is -0.312. The molecule has 4 heteroatoms. The molecule has 1 aromatic carbocycles. The van der Waals surface area contributed by atoms with Gasteiger partial charge in [-0.3, -0.25) is 14.9 Å². The van der Waals surface area contributed by atoms with E-state index < -0.39 is 0 Å². The van der Waals surface area contributed by atoms with Crippen molar-refractivity contribution < 1.29 is 9.59 Å². The van der Waals surface area contributed by atoms with E-state index in [0.29, 0.717) is 32.2 Å². The molecule has 1 aliphatic heterocycles. The zero-order valence-corrected chi connectivity index (χ0v) is 11.0. The van der Waals surface area contributed by atoms with E-state index in [1.54, 1.807) is 0 Å². The molecule has 0 saturated carbocycles. The van der Waals surface area contributed by atoms with E-state index in [1.807, 2.05) is 30.3 Å². The summed E-state index contributed by atoms with van der Waals surface area (Å²) in [6, 6.07) is 9.32. The van der Waals surface area contributed by atoms with Gasteiger partial charge in [-0.2, -0.15) is 0 Å². The fraction of sp³-hybridized carbons (Fsp3) is 0.467. The van der Waals surface area contributed by atoms with E-state index in [2.05, 4.69) is 5.32 Å². The molecule has 0 amide bonds. The van der Waals surface area contributed by atoms with Crippen LogP contribution in [-0.2, 0) is 16.0 Å². The van der Waals surface area contributed by atoms with Crippen molar-refractivity contribution in [2.24, 2.45) is 5.73 Å². The molecule has 1 aromatic rings. The Bertz CT molecular complexity index is 445. The smallest absolute Gasteiger partial charge is 0.152 e. The van der Waals surface area contributed by atoms with Gasteiger partial charge >= 0.3 is 0 Å². The molecule has 3 N–H and O–H groups in total. The van der Waals surface area contributed by atoms with Gasteiger partial charge in [0.05, 0.1) is 12.1 Å². The first kappa shape index (κ1) is 13.9. The number of nitrogens with one attached hydrogen (secondary N) is 1. The number of Topliss-reactive ketones (excluding diaryl/α,β-unsaturated/α-hetero) is 2. The summed E-state index contributed by atoms with van der Waals surface area (Å²) in [6.45, 7) is 0.514. The first-order valence-corrected chi connectivity index (χ1v) is 6.76. The van der Waals surface area contributed by atoms with Gasteiger partial charge in [-0.05, 0) is 24.9 Å². The number of nitrogens with two attached hydrogens (primary N) is 1. The number of carbonyl (C=O) groups excluding carboxylic acids is 2. The zero-order chi connectivity index (χ0) is 13.7. The highest BCUT2D eigenvalue weighted by molar-refractivity contribution is 5.96. The van der Waals surface area contributed by atoms with Crippen molar-refractivity contribution in [1.29, 1.82) is 0 Å². The fourth-order valence-corrected chi connectivity index (χ4v) is 2.42. The second kappa shape index (κ2) is 6.59. The van der Waals surface area contributed by atoms with Crippen LogP contribution >= 0.6 is 0 Å². The van der Waals surface area contributed by atoms with Crippen molar-refractivity contribution in [3.8, 4) is 0 Å². The van der Waals surface area contributed by atoms with Gasteiger partial charge in [0.2, 0.25) is 0 Å². The van der Waals surface area contributed by atoms with E-state index in [9.17, 15) is 9.59 Å². The summed E-state index contributed by atoms with van der Waals surface area (Å²) < 4.78 is 0. The van der Waals surface area contributed by atoms with E-state index in [1.165, 1.54) is 0 Å². The normalized spacial score (nSPS) is 22.7. The molecule has 0 radical (unpaired) electrons. The maximum absolute atomic E-state index is 11.9. The van der Waals surface area contributed by atoms with Crippen molar-refractivity contribution in [3.63, 3.8) is 0 Å². The summed E-state index contributed by atoms with van der Waals surface area (Å²) in [5.41, 5.74) is 6.51. The molecule has 2 rings (SSSR count). The Kier molecular flexibility index (Phi) is 4.82. The molecule has 1 aliphatic rings. The summed E-state index contributed by atoms with van der Waals surface area (Å²) >= 11 is 0. The van der Waals surface area contributed by atoms with E-state index in [-0.39, 0.29) is 23.7 Å². The Morgan fingerprint density at radius 2 is 2.05 bits per heavy atom. The fourth-order valence-electron chi connectivity index (χ4n) is 2.42. The molecule has 1 unspecified atom stereocenters. The average Bonchev–Trinajstić information content (AvgIpc) is 2.79. The Morgan fingerprint density at radius 1 is 1.32 bits per heavy atom. The van der Waals surface area contributed by atoms with Crippen LogP contribution in [0.15, 0.2) is 30.3 Å². The summed E-state index contributed by atoms with van der Waals surface area (Å²) in [5, 5.41) is 3.16. The molecule has 2 atom stereocenters. The molecule has 1 fully saturated rings. The molecule has 102 valence electrons. The molecular formula is C15H20N2O2. The van der Waals surface area contributed by atoms with Gasteiger partial charge in [0, 0.05) is 12.8 Å². The molecule has 0 aliphatic carbocycles. The van der Waals surface area contributed by atoms with Crippen LogP contribution in [0.4, 0.5) is 0 Å². The van der Waals surface area contributed by atoms with E-state index >= 15 is 0 Å². The molecular weight excluding hydrogens is 240 g/mol. The molecule has 0 spiro atoms. The largest absolute Gasteiger partial charge is 0.330 e. The molecule has 4 nitrogen and oxygen atoms in total. The lowest BCUT2D eigenvalue weighted by molar-refractivity contribution is -0.122. The second-order valence-corrected chi connectivity index (χ2v) is 4.99. The summed E-state index contributed by atoms with van der Waals surface area (Å²) in [7, 11) is 0. The molecule has 1 heterocycles. The predicted octanol–water partition coefficient (Wildman–Crippen LogP) is 0.837. The number of benzene rings is 1. The van der Waals surface area contributed by atoms with Crippen LogP contribution in [0.5, 0.6) is 0 Å².